The second-order valence-corrected chi connectivity index (χ2v) is 4.96. The second kappa shape index (κ2) is 5.85. The Balaban J connectivity index is 1.82. The molecule has 0 spiro atoms. The maximum absolute atomic E-state index is 5.85. The molecule has 0 saturated heterocycles. The molecule has 0 atom stereocenters. The third kappa shape index (κ3) is 2.86. The largest absolute Gasteiger partial charge is 0.184 e. The molecular formula is C17H13ClN2. The summed E-state index contributed by atoms with van der Waals surface area (Å²) < 4.78 is 0. The van der Waals surface area contributed by atoms with Gasteiger partial charge in [-0.2, -0.15) is 10.2 Å². The third-order valence-corrected chi connectivity index (χ3v) is 3.36. The molecule has 3 aromatic carbocycles. The monoisotopic (exact) mass is 280 g/mol. The van der Waals surface area contributed by atoms with E-state index < -0.39 is 0 Å². The van der Waals surface area contributed by atoms with E-state index in [1.807, 2.05) is 48.5 Å². The average Bonchev–Trinajstić information content (AvgIpc) is 2.49. The maximum atomic E-state index is 5.85. The lowest BCUT2D eigenvalue weighted by atomic mass is 10.1. The van der Waals surface area contributed by atoms with Gasteiger partial charge in [0.15, 0.2) is 0 Å². The predicted octanol–water partition coefficient (Wildman–Crippen LogP) is 5.78. The van der Waals surface area contributed by atoms with E-state index in [0.29, 0.717) is 6.54 Å². The van der Waals surface area contributed by atoms with Crippen molar-refractivity contribution in [3.05, 3.63) is 77.3 Å². The van der Waals surface area contributed by atoms with E-state index in [0.717, 1.165) is 21.7 Å². The summed E-state index contributed by atoms with van der Waals surface area (Å²) in [5.74, 6) is 0. The number of hydrogen-bond acceptors (Lipinski definition) is 2. The van der Waals surface area contributed by atoms with Gasteiger partial charge in [0, 0.05) is 10.4 Å². The van der Waals surface area contributed by atoms with E-state index in [2.05, 4.69) is 28.4 Å². The van der Waals surface area contributed by atoms with Gasteiger partial charge in [0.2, 0.25) is 0 Å². The van der Waals surface area contributed by atoms with Gasteiger partial charge >= 0.3 is 0 Å². The van der Waals surface area contributed by atoms with Crippen LogP contribution in [0.15, 0.2) is 77.0 Å². The highest BCUT2D eigenvalue weighted by Gasteiger charge is 1.98. The SMILES string of the molecule is Clc1ccc(CN=Nc2cccc3ccccc23)cc1. The topological polar surface area (TPSA) is 24.7 Å². The van der Waals surface area contributed by atoms with Gasteiger partial charge in [0.1, 0.15) is 0 Å². The Bertz CT molecular complexity index is 743. The first kappa shape index (κ1) is 12.8. The molecule has 2 nitrogen and oxygen atoms in total. The fraction of sp³-hybridized carbons (Fsp3) is 0.0588. The fourth-order valence-corrected chi connectivity index (χ4v) is 2.20. The number of nitrogens with zero attached hydrogens (tertiary/aromatic N) is 2. The summed E-state index contributed by atoms with van der Waals surface area (Å²) in [4.78, 5) is 0. The lowest BCUT2D eigenvalue weighted by Gasteiger charge is -2.00. The molecule has 0 radical (unpaired) electrons. The minimum atomic E-state index is 0.556. The molecule has 0 aliphatic rings. The Hall–Kier alpha value is -2.19. The molecule has 0 N–H and O–H groups in total. The van der Waals surface area contributed by atoms with E-state index in [1.54, 1.807) is 0 Å². The van der Waals surface area contributed by atoms with Crippen LogP contribution in [-0.2, 0) is 6.54 Å². The average molecular weight is 281 g/mol. The van der Waals surface area contributed by atoms with Crippen LogP contribution in [0.1, 0.15) is 5.56 Å². The van der Waals surface area contributed by atoms with Crippen molar-refractivity contribution in [2.45, 2.75) is 6.54 Å². The lowest BCUT2D eigenvalue weighted by Crippen LogP contribution is -1.79. The van der Waals surface area contributed by atoms with Gasteiger partial charge in [-0.25, -0.2) is 0 Å². The van der Waals surface area contributed by atoms with Crippen LogP contribution in [-0.4, -0.2) is 0 Å². The number of azo groups is 1. The summed E-state index contributed by atoms with van der Waals surface area (Å²) in [7, 11) is 0. The summed E-state index contributed by atoms with van der Waals surface area (Å²) >= 11 is 5.85. The van der Waals surface area contributed by atoms with Crippen LogP contribution in [0.4, 0.5) is 5.69 Å². The van der Waals surface area contributed by atoms with Crippen LogP contribution < -0.4 is 0 Å². The molecule has 98 valence electrons. The van der Waals surface area contributed by atoms with Crippen LogP contribution >= 0.6 is 11.6 Å². The number of hydrogen-bond donors (Lipinski definition) is 0. The first-order valence-electron chi connectivity index (χ1n) is 6.43. The van der Waals surface area contributed by atoms with Gasteiger partial charge < -0.3 is 0 Å². The molecule has 20 heavy (non-hydrogen) atoms. The highest BCUT2D eigenvalue weighted by atomic mass is 35.5. The van der Waals surface area contributed by atoms with Crippen LogP contribution in [0.25, 0.3) is 10.8 Å². The number of halogens is 1. The minimum absolute atomic E-state index is 0.556. The molecule has 0 aliphatic heterocycles. The van der Waals surface area contributed by atoms with Gasteiger partial charge in [-0.15, -0.1) is 0 Å². The first-order valence-corrected chi connectivity index (χ1v) is 6.80. The van der Waals surface area contributed by atoms with E-state index in [-0.39, 0.29) is 0 Å². The number of benzene rings is 3. The highest BCUT2D eigenvalue weighted by Crippen LogP contribution is 2.26. The molecule has 0 amide bonds. The minimum Gasteiger partial charge on any atom is -0.184 e. The summed E-state index contributed by atoms with van der Waals surface area (Å²) in [5, 5.41) is 11.7. The Labute approximate surface area is 122 Å². The van der Waals surface area contributed by atoms with Crippen molar-refractivity contribution in [3.63, 3.8) is 0 Å². The van der Waals surface area contributed by atoms with Gasteiger partial charge in [-0.05, 0) is 29.1 Å². The van der Waals surface area contributed by atoms with Crippen molar-refractivity contribution in [2.75, 3.05) is 0 Å². The molecule has 0 aliphatic carbocycles. The van der Waals surface area contributed by atoms with Crippen molar-refractivity contribution in [2.24, 2.45) is 10.2 Å². The normalized spacial score (nSPS) is 11.2. The molecule has 0 saturated carbocycles. The van der Waals surface area contributed by atoms with Gasteiger partial charge in [-0.1, -0.05) is 60.1 Å². The quantitative estimate of drug-likeness (QED) is 0.544. The van der Waals surface area contributed by atoms with Crippen molar-refractivity contribution < 1.29 is 0 Å². The second-order valence-electron chi connectivity index (χ2n) is 4.52. The van der Waals surface area contributed by atoms with Crippen LogP contribution in [0, 0.1) is 0 Å². The van der Waals surface area contributed by atoms with Gasteiger partial charge in [0.05, 0.1) is 12.2 Å². The van der Waals surface area contributed by atoms with Crippen molar-refractivity contribution in [3.8, 4) is 0 Å². The fourth-order valence-electron chi connectivity index (χ4n) is 2.08. The van der Waals surface area contributed by atoms with Crippen LogP contribution in [0.3, 0.4) is 0 Å². The Kier molecular flexibility index (Phi) is 3.75. The molecular weight excluding hydrogens is 268 g/mol. The zero-order valence-corrected chi connectivity index (χ0v) is 11.6. The number of fused-ring (bicyclic) bond motifs is 1. The van der Waals surface area contributed by atoms with E-state index in [9.17, 15) is 0 Å². The van der Waals surface area contributed by atoms with Crippen LogP contribution in [0.2, 0.25) is 5.02 Å². The summed E-state index contributed by atoms with van der Waals surface area (Å²) in [6.45, 7) is 0.556. The van der Waals surface area contributed by atoms with E-state index >= 15 is 0 Å². The highest BCUT2D eigenvalue weighted by molar-refractivity contribution is 6.30. The summed E-state index contributed by atoms with van der Waals surface area (Å²) in [6.07, 6.45) is 0. The molecule has 3 heteroatoms. The molecule has 3 rings (SSSR count). The van der Waals surface area contributed by atoms with Crippen molar-refractivity contribution >= 4 is 28.1 Å². The van der Waals surface area contributed by atoms with Gasteiger partial charge in [0.25, 0.3) is 0 Å². The predicted molar refractivity (Wildman–Crippen MR) is 83.6 cm³/mol. The first-order chi connectivity index (χ1) is 9.83. The summed E-state index contributed by atoms with van der Waals surface area (Å²) in [5.41, 5.74) is 2.00. The smallest absolute Gasteiger partial charge is 0.0930 e. The molecule has 0 heterocycles. The van der Waals surface area contributed by atoms with Crippen LogP contribution in [0.5, 0.6) is 0 Å². The Morgan fingerprint density at radius 3 is 2.40 bits per heavy atom. The molecule has 0 unspecified atom stereocenters. The zero-order chi connectivity index (χ0) is 13.8. The Morgan fingerprint density at radius 2 is 1.55 bits per heavy atom. The molecule has 3 aromatic rings. The standard InChI is InChI=1S/C17H13ClN2/c18-15-10-8-13(9-11-15)12-19-20-17-7-3-5-14-4-1-2-6-16(14)17/h1-11H,12H2. The number of rotatable bonds is 3. The third-order valence-electron chi connectivity index (χ3n) is 3.11. The maximum Gasteiger partial charge on any atom is 0.0930 e. The molecule has 0 aromatic heterocycles. The van der Waals surface area contributed by atoms with Gasteiger partial charge in [-0.3, -0.25) is 0 Å². The lowest BCUT2D eigenvalue weighted by molar-refractivity contribution is 0.961. The Morgan fingerprint density at radius 1 is 0.800 bits per heavy atom. The molecule has 0 bridgehead atoms. The van der Waals surface area contributed by atoms with E-state index in [1.165, 1.54) is 5.39 Å². The zero-order valence-electron chi connectivity index (χ0n) is 10.8. The summed E-state index contributed by atoms with van der Waals surface area (Å²) in [6, 6.07) is 21.9. The molecule has 0 fully saturated rings. The van der Waals surface area contributed by atoms with Crippen molar-refractivity contribution in [1.82, 2.24) is 0 Å². The van der Waals surface area contributed by atoms with E-state index in [4.69, 9.17) is 11.6 Å². The van der Waals surface area contributed by atoms with Crippen molar-refractivity contribution in [1.29, 1.82) is 0 Å².